The van der Waals surface area contributed by atoms with Crippen LogP contribution in [0.25, 0.3) is 0 Å². The molecule has 0 spiro atoms. The number of halogens is 4. The molecular weight excluding hydrogens is 354 g/mol. The number of aromatic nitrogens is 1. The molecule has 0 fully saturated rings. The summed E-state index contributed by atoms with van der Waals surface area (Å²) in [5.74, 6) is -1.81. The monoisotopic (exact) mass is 361 g/mol. The highest BCUT2D eigenvalue weighted by molar-refractivity contribution is 14.1. The highest BCUT2D eigenvalue weighted by Crippen LogP contribution is 2.29. The highest BCUT2D eigenvalue weighted by Gasteiger charge is 2.33. The van der Waals surface area contributed by atoms with E-state index < -0.39 is 24.5 Å². The molecule has 94 valence electrons. The minimum absolute atomic E-state index is 0.0192. The summed E-state index contributed by atoms with van der Waals surface area (Å²) in [6.45, 7) is 1.50. The van der Waals surface area contributed by atoms with Crippen molar-refractivity contribution in [3.8, 4) is 5.75 Å². The van der Waals surface area contributed by atoms with Crippen molar-refractivity contribution in [1.82, 2.24) is 4.98 Å². The zero-order valence-electron chi connectivity index (χ0n) is 8.51. The van der Waals surface area contributed by atoms with E-state index in [-0.39, 0.29) is 5.56 Å². The van der Waals surface area contributed by atoms with Gasteiger partial charge in [-0.15, -0.1) is 13.2 Å². The van der Waals surface area contributed by atoms with Gasteiger partial charge in [0.1, 0.15) is 3.70 Å². The van der Waals surface area contributed by atoms with Gasteiger partial charge in [0, 0.05) is 5.56 Å². The average Bonchev–Trinajstić information content (AvgIpc) is 2.15. The topological polar surface area (TPSA) is 59.4 Å². The number of hydrogen-bond acceptors (Lipinski definition) is 3. The van der Waals surface area contributed by atoms with Crippen molar-refractivity contribution >= 4 is 28.6 Å². The summed E-state index contributed by atoms with van der Waals surface area (Å²) in [7, 11) is 0. The molecule has 1 rings (SSSR count). The van der Waals surface area contributed by atoms with E-state index in [1.54, 1.807) is 0 Å². The molecule has 17 heavy (non-hydrogen) atoms. The van der Waals surface area contributed by atoms with Gasteiger partial charge in [0.2, 0.25) is 0 Å². The summed E-state index contributed by atoms with van der Waals surface area (Å²) in [6, 6.07) is 0. The summed E-state index contributed by atoms with van der Waals surface area (Å²) in [4.78, 5) is 14.3. The van der Waals surface area contributed by atoms with Gasteiger partial charge in [0.15, 0.2) is 5.75 Å². The zero-order valence-corrected chi connectivity index (χ0v) is 10.7. The fourth-order valence-electron chi connectivity index (χ4n) is 1.18. The minimum atomic E-state index is -4.87. The molecule has 0 unspecified atom stereocenters. The molecule has 0 saturated carbocycles. The Kier molecular flexibility index (Phi) is 4.17. The molecule has 0 saturated heterocycles. The number of pyridine rings is 1. The fourth-order valence-corrected chi connectivity index (χ4v) is 1.65. The number of rotatable bonds is 3. The Labute approximate surface area is 108 Å². The molecule has 0 amide bonds. The largest absolute Gasteiger partial charge is 0.573 e. The standard InChI is InChI=1S/C9H7F3INO3/c1-4-5(2-7(15)16)6(3-14-8(4)13)17-9(10,11)12/h3H,2H2,1H3,(H,15,16). The van der Waals surface area contributed by atoms with Crippen LogP contribution in [-0.2, 0) is 11.2 Å². The Morgan fingerprint density at radius 1 is 1.59 bits per heavy atom. The Bertz CT molecular complexity index is 448. The second-order valence-corrected chi connectivity index (χ2v) is 4.16. The van der Waals surface area contributed by atoms with E-state index in [0.29, 0.717) is 9.26 Å². The molecular formula is C9H7F3INO3. The lowest BCUT2D eigenvalue weighted by molar-refractivity contribution is -0.275. The van der Waals surface area contributed by atoms with Gasteiger partial charge in [-0.25, -0.2) is 4.98 Å². The molecule has 0 aliphatic rings. The van der Waals surface area contributed by atoms with Crippen LogP contribution in [0.4, 0.5) is 13.2 Å². The van der Waals surface area contributed by atoms with E-state index in [1.807, 2.05) is 22.6 Å². The smallest absolute Gasteiger partial charge is 0.481 e. The van der Waals surface area contributed by atoms with Crippen molar-refractivity contribution in [1.29, 1.82) is 0 Å². The maximum atomic E-state index is 12.1. The fraction of sp³-hybridized carbons (Fsp3) is 0.333. The van der Waals surface area contributed by atoms with Gasteiger partial charge in [-0.2, -0.15) is 0 Å². The Morgan fingerprint density at radius 3 is 2.65 bits per heavy atom. The number of aliphatic carboxylic acids is 1. The van der Waals surface area contributed by atoms with Crippen molar-refractivity contribution < 1.29 is 27.8 Å². The van der Waals surface area contributed by atoms with E-state index in [9.17, 15) is 18.0 Å². The van der Waals surface area contributed by atoms with E-state index in [1.165, 1.54) is 6.92 Å². The molecule has 0 aliphatic heterocycles. The first-order valence-electron chi connectivity index (χ1n) is 4.32. The van der Waals surface area contributed by atoms with E-state index >= 15 is 0 Å². The quantitative estimate of drug-likeness (QED) is 0.664. The van der Waals surface area contributed by atoms with Crippen LogP contribution in [0.5, 0.6) is 5.75 Å². The molecule has 8 heteroatoms. The number of carboxylic acids is 1. The third-order valence-corrected chi connectivity index (χ3v) is 3.00. The van der Waals surface area contributed by atoms with Crippen LogP contribution < -0.4 is 4.74 Å². The maximum absolute atomic E-state index is 12.1. The number of nitrogens with zero attached hydrogens (tertiary/aromatic N) is 1. The second-order valence-electron chi connectivity index (χ2n) is 3.14. The van der Waals surface area contributed by atoms with Crippen molar-refractivity contribution in [3.63, 3.8) is 0 Å². The van der Waals surface area contributed by atoms with Gasteiger partial charge >= 0.3 is 12.3 Å². The molecule has 0 aliphatic carbocycles. The average molecular weight is 361 g/mol. The van der Waals surface area contributed by atoms with Crippen LogP contribution in [-0.4, -0.2) is 22.4 Å². The summed E-state index contributed by atoms with van der Waals surface area (Å²) < 4.78 is 40.5. The minimum Gasteiger partial charge on any atom is -0.481 e. The molecule has 0 bridgehead atoms. The van der Waals surface area contributed by atoms with Gasteiger partial charge in [-0.1, -0.05) is 0 Å². The molecule has 4 nitrogen and oxygen atoms in total. The Hall–Kier alpha value is -1.06. The third-order valence-electron chi connectivity index (χ3n) is 1.91. The van der Waals surface area contributed by atoms with Crippen LogP contribution >= 0.6 is 22.6 Å². The van der Waals surface area contributed by atoms with Crippen LogP contribution in [0, 0.1) is 10.6 Å². The molecule has 1 N–H and O–H groups in total. The lowest BCUT2D eigenvalue weighted by Crippen LogP contribution is -2.19. The van der Waals surface area contributed by atoms with Crippen molar-refractivity contribution in [2.45, 2.75) is 19.7 Å². The van der Waals surface area contributed by atoms with E-state index in [4.69, 9.17) is 5.11 Å². The highest BCUT2D eigenvalue weighted by atomic mass is 127. The van der Waals surface area contributed by atoms with Gasteiger partial charge in [0.05, 0.1) is 12.6 Å². The first-order chi connectivity index (χ1) is 7.70. The Morgan fingerprint density at radius 2 is 2.18 bits per heavy atom. The van der Waals surface area contributed by atoms with Crippen LogP contribution in [0.3, 0.4) is 0 Å². The van der Waals surface area contributed by atoms with E-state index in [2.05, 4.69) is 9.72 Å². The molecule has 1 aromatic rings. The number of alkyl halides is 3. The van der Waals surface area contributed by atoms with Crippen molar-refractivity contribution in [2.75, 3.05) is 0 Å². The van der Waals surface area contributed by atoms with Gasteiger partial charge in [-0.05, 0) is 35.1 Å². The zero-order chi connectivity index (χ0) is 13.2. The Balaban J connectivity index is 3.20. The number of hydrogen-bond donors (Lipinski definition) is 1. The summed E-state index contributed by atoms with van der Waals surface area (Å²) in [5, 5.41) is 8.65. The summed E-state index contributed by atoms with van der Waals surface area (Å²) >= 11 is 1.81. The molecule has 0 aromatic carbocycles. The second kappa shape index (κ2) is 5.07. The molecule has 1 aromatic heterocycles. The molecule has 0 radical (unpaired) electrons. The maximum Gasteiger partial charge on any atom is 0.573 e. The van der Waals surface area contributed by atoms with Crippen molar-refractivity contribution in [2.24, 2.45) is 0 Å². The summed E-state index contributed by atoms with van der Waals surface area (Å²) in [5.41, 5.74) is 0.351. The summed E-state index contributed by atoms with van der Waals surface area (Å²) in [6.07, 6.45) is -4.54. The van der Waals surface area contributed by atoms with Crippen LogP contribution in [0.2, 0.25) is 0 Å². The number of carbonyl (C=O) groups is 1. The molecule has 1 heterocycles. The first-order valence-corrected chi connectivity index (χ1v) is 5.40. The normalized spacial score (nSPS) is 11.4. The van der Waals surface area contributed by atoms with E-state index in [0.717, 1.165) is 6.20 Å². The van der Waals surface area contributed by atoms with Gasteiger partial charge in [0.25, 0.3) is 0 Å². The van der Waals surface area contributed by atoms with Crippen LogP contribution in [0.1, 0.15) is 11.1 Å². The van der Waals surface area contributed by atoms with Crippen molar-refractivity contribution in [3.05, 3.63) is 21.0 Å². The third kappa shape index (κ3) is 4.02. The SMILES string of the molecule is Cc1c(I)ncc(OC(F)(F)F)c1CC(=O)O. The van der Waals surface area contributed by atoms with Gasteiger partial charge in [-0.3, -0.25) is 4.79 Å². The predicted octanol–water partition coefficient (Wildman–Crippen LogP) is 2.52. The number of ether oxygens (including phenoxy) is 1. The number of carboxylic acid groups (broad SMARTS) is 1. The van der Waals surface area contributed by atoms with Crippen LogP contribution in [0.15, 0.2) is 6.20 Å². The molecule has 0 atom stereocenters. The first kappa shape index (κ1) is 14.0. The lowest BCUT2D eigenvalue weighted by Gasteiger charge is -2.14. The lowest BCUT2D eigenvalue weighted by atomic mass is 10.1. The predicted molar refractivity (Wildman–Crippen MR) is 59.7 cm³/mol. The van der Waals surface area contributed by atoms with Gasteiger partial charge < -0.3 is 9.84 Å².